The standard InChI is InChI=1S/C12H15Cl2NO3S/c13-10(14)8-9(19-12(17)15-8)11(16)18-6-7-4-2-1-3-5-7/h7,10H,1-6H2,(H,15,17). The number of ether oxygens (including phenoxy) is 1. The Balaban J connectivity index is 1.97. The van der Waals surface area contributed by atoms with Gasteiger partial charge in [-0.2, -0.15) is 0 Å². The van der Waals surface area contributed by atoms with Gasteiger partial charge in [0, 0.05) is 0 Å². The Hall–Kier alpha value is -0.520. The molecule has 1 saturated carbocycles. The highest BCUT2D eigenvalue weighted by atomic mass is 35.5. The number of alkyl halides is 2. The van der Waals surface area contributed by atoms with Crippen LogP contribution >= 0.6 is 34.5 Å². The van der Waals surface area contributed by atoms with Gasteiger partial charge in [0.25, 0.3) is 0 Å². The van der Waals surface area contributed by atoms with Crippen LogP contribution in [0.4, 0.5) is 0 Å². The molecule has 4 nitrogen and oxygen atoms in total. The van der Waals surface area contributed by atoms with E-state index in [2.05, 4.69) is 4.98 Å². The van der Waals surface area contributed by atoms with Gasteiger partial charge in [-0.15, -0.1) is 0 Å². The number of thiazole rings is 1. The molecule has 7 heteroatoms. The zero-order chi connectivity index (χ0) is 13.8. The number of esters is 1. The van der Waals surface area contributed by atoms with Crippen LogP contribution < -0.4 is 4.87 Å². The summed E-state index contributed by atoms with van der Waals surface area (Å²) in [6.07, 6.45) is 5.83. The van der Waals surface area contributed by atoms with Crippen molar-refractivity contribution in [3.63, 3.8) is 0 Å². The Labute approximate surface area is 125 Å². The van der Waals surface area contributed by atoms with Crippen LogP contribution in [0.5, 0.6) is 0 Å². The lowest BCUT2D eigenvalue weighted by molar-refractivity contribution is 0.0414. The molecular weight excluding hydrogens is 309 g/mol. The molecule has 0 bridgehead atoms. The predicted molar refractivity (Wildman–Crippen MR) is 76.2 cm³/mol. The average Bonchev–Trinajstić information content (AvgIpc) is 2.79. The molecule has 1 aromatic rings. The smallest absolute Gasteiger partial charge is 0.350 e. The molecule has 0 aromatic carbocycles. The van der Waals surface area contributed by atoms with E-state index in [1.165, 1.54) is 19.3 Å². The number of rotatable bonds is 4. The fraction of sp³-hybridized carbons (Fsp3) is 0.667. The maximum Gasteiger partial charge on any atom is 0.350 e. The van der Waals surface area contributed by atoms with Gasteiger partial charge in [-0.1, -0.05) is 53.8 Å². The van der Waals surface area contributed by atoms with Crippen molar-refractivity contribution in [1.29, 1.82) is 0 Å². The summed E-state index contributed by atoms with van der Waals surface area (Å²) >= 11 is 12.2. The van der Waals surface area contributed by atoms with Gasteiger partial charge in [0.1, 0.15) is 9.71 Å². The van der Waals surface area contributed by atoms with Crippen LogP contribution in [0.2, 0.25) is 0 Å². The van der Waals surface area contributed by atoms with Crippen molar-refractivity contribution in [2.24, 2.45) is 5.92 Å². The zero-order valence-electron chi connectivity index (χ0n) is 10.3. The lowest BCUT2D eigenvalue weighted by Gasteiger charge is -2.20. The van der Waals surface area contributed by atoms with Crippen molar-refractivity contribution >= 4 is 40.5 Å². The van der Waals surface area contributed by atoms with Crippen molar-refractivity contribution < 1.29 is 9.53 Å². The molecule has 1 N–H and O–H groups in total. The molecule has 0 saturated heterocycles. The first-order valence-electron chi connectivity index (χ1n) is 6.26. The first-order valence-corrected chi connectivity index (χ1v) is 7.95. The molecule has 0 unspecified atom stereocenters. The van der Waals surface area contributed by atoms with Crippen molar-refractivity contribution in [2.75, 3.05) is 6.61 Å². The van der Waals surface area contributed by atoms with E-state index in [-0.39, 0.29) is 15.4 Å². The van der Waals surface area contributed by atoms with E-state index < -0.39 is 10.8 Å². The summed E-state index contributed by atoms with van der Waals surface area (Å²) in [7, 11) is 0. The highest BCUT2D eigenvalue weighted by Crippen LogP contribution is 2.28. The van der Waals surface area contributed by atoms with Crippen molar-refractivity contribution in [1.82, 2.24) is 4.98 Å². The third-order valence-corrected chi connectivity index (χ3v) is 4.57. The molecule has 0 amide bonds. The van der Waals surface area contributed by atoms with Crippen molar-refractivity contribution in [2.45, 2.75) is 36.9 Å². The number of hydrogen-bond acceptors (Lipinski definition) is 4. The van der Waals surface area contributed by atoms with Crippen LogP contribution in [0, 0.1) is 5.92 Å². The second-order valence-corrected chi connectivity index (χ2v) is 6.74. The van der Waals surface area contributed by atoms with Gasteiger partial charge in [-0.25, -0.2) is 4.79 Å². The lowest BCUT2D eigenvalue weighted by Crippen LogP contribution is -2.17. The van der Waals surface area contributed by atoms with Crippen LogP contribution in [0.15, 0.2) is 4.79 Å². The Morgan fingerprint density at radius 1 is 1.37 bits per heavy atom. The van der Waals surface area contributed by atoms with Gasteiger partial charge >= 0.3 is 10.8 Å². The molecular formula is C12H15Cl2NO3S. The van der Waals surface area contributed by atoms with Crippen LogP contribution in [-0.4, -0.2) is 17.6 Å². The quantitative estimate of drug-likeness (QED) is 0.679. The molecule has 1 heterocycles. The summed E-state index contributed by atoms with van der Waals surface area (Å²) in [5, 5.41) is 0. The molecule has 0 atom stereocenters. The maximum absolute atomic E-state index is 11.9. The van der Waals surface area contributed by atoms with Crippen LogP contribution in [-0.2, 0) is 4.74 Å². The summed E-state index contributed by atoms with van der Waals surface area (Å²) in [4.78, 5) is 24.5. The van der Waals surface area contributed by atoms with E-state index in [1.807, 2.05) is 0 Å². The number of halogens is 2. The van der Waals surface area contributed by atoms with Crippen LogP contribution in [0.25, 0.3) is 0 Å². The summed E-state index contributed by atoms with van der Waals surface area (Å²) in [6.45, 7) is 0.402. The van der Waals surface area contributed by atoms with E-state index in [4.69, 9.17) is 27.9 Å². The van der Waals surface area contributed by atoms with E-state index >= 15 is 0 Å². The number of H-pyrrole nitrogens is 1. The van der Waals surface area contributed by atoms with E-state index in [0.29, 0.717) is 12.5 Å². The van der Waals surface area contributed by atoms with Gasteiger partial charge in [0.05, 0.1) is 12.3 Å². The fourth-order valence-corrected chi connectivity index (χ4v) is 3.48. The highest BCUT2D eigenvalue weighted by Gasteiger charge is 2.23. The SMILES string of the molecule is O=C(OCC1CCCCC1)c1sc(=O)[nH]c1C(Cl)Cl. The van der Waals surface area contributed by atoms with Gasteiger partial charge in [0.15, 0.2) is 0 Å². The molecule has 19 heavy (non-hydrogen) atoms. The number of hydrogen-bond donors (Lipinski definition) is 1. The third-order valence-electron chi connectivity index (χ3n) is 3.25. The van der Waals surface area contributed by atoms with E-state index in [0.717, 1.165) is 24.2 Å². The molecule has 106 valence electrons. The first-order chi connectivity index (χ1) is 9.08. The number of carbonyl (C=O) groups is 1. The molecule has 0 aliphatic heterocycles. The summed E-state index contributed by atoms with van der Waals surface area (Å²) < 4.78 is 5.27. The molecule has 0 spiro atoms. The van der Waals surface area contributed by atoms with Crippen LogP contribution in [0.3, 0.4) is 0 Å². The predicted octanol–water partition coefficient (Wildman–Crippen LogP) is 3.65. The van der Waals surface area contributed by atoms with E-state index in [9.17, 15) is 9.59 Å². The maximum atomic E-state index is 11.9. The number of aromatic nitrogens is 1. The number of aromatic amines is 1. The lowest BCUT2D eigenvalue weighted by atomic mass is 9.90. The fourth-order valence-electron chi connectivity index (χ4n) is 2.26. The Morgan fingerprint density at radius 3 is 2.68 bits per heavy atom. The topological polar surface area (TPSA) is 59.2 Å². The number of nitrogens with one attached hydrogen (secondary N) is 1. The third kappa shape index (κ3) is 3.97. The molecule has 0 radical (unpaired) electrons. The normalized spacial score (nSPS) is 16.8. The minimum Gasteiger partial charge on any atom is -0.461 e. The Bertz CT molecular complexity index is 491. The Morgan fingerprint density at radius 2 is 2.05 bits per heavy atom. The summed E-state index contributed by atoms with van der Waals surface area (Å²) in [5.74, 6) is -0.0881. The van der Waals surface area contributed by atoms with Crippen molar-refractivity contribution in [3.05, 3.63) is 20.2 Å². The minimum absolute atomic E-state index is 0.177. The van der Waals surface area contributed by atoms with Crippen LogP contribution in [0.1, 0.15) is 52.3 Å². The average molecular weight is 324 g/mol. The molecule has 1 aliphatic carbocycles. The minimum atomic E-state index is -0.934. The van der Waals surface area contributed by atoms with Gasteiger partial charge in [-0.05, 0) is 18.8 Å². The first kappa shape index (κ1) is 14.9. The summed E-state index contributed by atoms with van der Waals surface area (Å²) in [5.41, 5.74) is 0.229. The van der Waals surface area contributed by atoms with Crippen molar-refractivity contribution in [3.8, 4) is 0 Å². The van der Waals surface area contributed by atoms with Gasteiger partial charge in [-0.3, -0.25) is 4.79 Å². The molecule has 2 rings (SSSR count). The number of carbonyl (C=O) groups excluding carboxylic acids is 1. The molecule has 1 aliphatic rings. The second-order valence-electron chi connectivity index (χ2n) is 4.66. The largest absolute Gasteiger partial charge is 0.461 e. The van der Waals surface area contributed by atoms with E-state index in [1.54, 1.807) is 0 Å². The second kappa shape index (κ2) is 6.77. The monoisotopic (exact) mass is 323 g/mol. The Kier molecular flexibility index (Phi) is 5.30. The molecule has 1 fully saturated rings. The molecule has 1 aromatic heterocycles. The van der Waals surface area contributed by atoms with Gasteiger partial charge < -0.3 is 9.72 Å². The van der Waals surface area contributed by atoms with Gasteiger partial charge in [0.2, 0.25) is 0 Å². The highest BCUT2D eigenvalue weighted by molar-refractivity contribution is 7.11. The zero-order valence-corrected chi connectivity index (χ0v) is 12.6. The summed E-state index contributed by atoms with van der Waals surface area (Å²) in [6, 6.07) is 0.